The van der Waals surface area contributed by atoms with Crippen LogP contribution in [0.5, 0.6) is 5.75 Å². The molecule has 3 aromatic rings. The summed E-state index contributed by atoms with van der Waals surface area (Å²) >= 11 is 0. The summed E-state index contributed by atoms with van der Waals surface area (Å²) in [5.74, 6) is 2.73. The van der Waals surface area contributed by atoms with Crippen molar-refractivity contribution in [3.8, 4) is 17.2 Å². The summed E-state index contributed by atoms with van der Waals surface area (Å²) in [6, 6.07) is 12.1. The first-order chi connectivity index (χ1) is 13.2. The number of nitrogens with zero attached hydrogens (tertiary/aromatic N) is 2. The van der Waals surface area contributed by atoms with Crippen molar-refractivity contribution in [3.63, 3.8) is 0 Å². The Balaban J connectivity index is 1.65. The number of aromatic nitrogens is 1. The van der Waals surface area contributed by atoms with Crippen molar-refractivity contribution in [2.45, 2.75) is 26.3 Å². The number of aliphatic hydroxyl groups is 1. The molecule has 0 saturated carbocycles. The predicted octanol–water partition coefficient (Wildman–Crippen LogP) is 4.02. The van der Waals surface area contributed by atoms with Gasteiger partial charge in [-0.3, -0.25) is 4.90 Å². The highest BCUT2D eigenvalue weighted by Crippen LogP contribution is 2.35. The van der Waals surface area contributed by atoms with Crippen LogP contribution < -0.4 is 4.74 Å². The van der Waals surface area contributed by atoms with Gasteiger partial charge in [-0.1, -0.05) is 24.3 Å². The van der Waals surface area contributed by atoms with Crippen LogP contribution in [-0.4, -0.2) is 41.8 Å². The van der Waals surface area contributed by atoms with Gasteiger partial charge in [-0.15, -0.1) is 0 Å². The number of aryl methyl sites for hydroxylation is 1. The molecule has 0 spiro atoms. The highest BCUT2D eigenvalue weighted by molar-refractivity contribution is 5.98. The van der Waals surface area contributed by atoms with Crippen molar-refractivity contribution < 1.29 is 14.3 Å². The first kappa shape index (κ1) is 18.0. The molecule has 0 bridgehead atoms. The number of likely N-dealkylation sites (tertiary alicyclic amines) is 1. The Hall–Kier alpha value is -2.37. The van der Waals surface area contributed by atoms with Crippen LogP contribution in [0.4, 0.5) is 0 Å². The second-order valence-corrected chi connectivity index (χ2v) is 7.31. The molecule has 5 heteroatoms. The van der Waals surface area contributed by atoms with Gasteiger partial charge in [0.15, 0.2) is 0 Å². The number of benzene rings is 2. The van der Waals surface area contributed by atoms with Gasteiger partial charge in [0.1, 0.15) is 11.5 Å². The number of rotatable bonds is 5. The average Bonchev–Trinajstić information content (AvgIpc) is 3.07. The fraction of sp³-hybridized carbons (Fsp3) is 0.409. The van der Waals surface area contributed by atoms with Crippen LogP contribution in [0.2, 0.25) is 0 Å². The van der Waals surface area contributed by atoms with Crippen LogP contribution >= 0.6 is 0 Å². The summed E-state index contributed by atoms with van der Waals surface area (Å²) in [7, 11) is 1.69. The van der Waals surface area contributed by atoms with Crippen molar-refractivity contribution in [1.29, 1.82) is 0 Å². The van der Waals surface area contributed by atoms with Crippen LogP contribution in [0.15, 0.2) is 40.8 Å². The zero-order valence-electron chi connectivity index (χ0n) is 15.9. The van der Waals surface area contributed by atoms with Crippen LogP contribution in [0.25, 0.3) is 22.2 Å². The topological polar surface area (TPSA) is 58.7 Å². The average molecular weight is 366 g/mol. The number of hydrogen-bond donors (Lipinski definition) is 1. The van der Waals surface area contributed by atoms with Gasteiger partial charge in [0.2, 0.25) is 5.89 Å². The predicted molar refractivity (Wildman–Crippen MR) is 106 cm³/mol. The fourth-order valence-electron chi connectivity index (χ4n) is 3.98. The van der Waals surface area contributed by atoms with Crippen molar-refractivity contribution in [3.05, 3.63) is 47.9 Å². The quantitative estimate of drug-likeness (QED) is 0.739. The molecule has 0 unspecified atom stereocenters. The summed E-state index contributed by atoms with van der Waals surface area (Å²) in [5.41, 5.74) is 1.95. The molecule has 1 aliphatic rings. The lowest BCUT2D eigenvalue weighted by molar-refractivity contribution is 0.115. The lowest BCUT2D eigenvalue weighted by Crippen LogP contribution is -2.36. The van der Waals surface area contributed by atoms with E-state index < -0.39 is 0 Å². The van der Waals surface area contributed by atoms with Crippen LogP contribution in [0.3, 0.4) is 0 Å². The molecule has 1 aromatic heterocycles. The fourth-order valence-corrected chi connectivity index (χ4v) is 3.98. The molecular weight excluding hydrogens is 340 g/mol. The molecular formula is C22H26N2O3. The van der Waals surface area contributed by atoms with E-state index in [1.807, 2.05) is 31.2 Å². The molecule has 1 atom stereocenters. The van der Waals surface area contributed by atoms with Crippen molar-refractivity contribution in [1.82, 2.24) is 9.88 Å². The van der Waals surface area contributed by atoms with Gasteiger partial charge >= 0.3 is 0 Å². The van der Waals surface area contributed by atoms with Gasteiger partial charge in [-0.05, 0) is 49.7 Å². The van der Waals surface area contributed by atoms with Gasteiger partial charge in [-0.25, -0.2) is 4.98 Å². The first-order valence-corrected chi connectivity index (χ1v) is 9.55. The molecule has 1 aliphatic heterocycles. The molecule has 0 radical (unpaired) electrons. The summed E-state index contributed by atoms with van der Waals surface area (Å²) in [5, 5.41) is 11.6. The highest BCUT2D eigenvalue weighted by Gasteiger charge is 2.22. The molecule has 0 aliphatic carbocycles. The van der Waals surface area contributed by atoms with E-state index in [2.05, 4.69) is 17.0 Å². The molecule has 4 rings (SSSR count). The van der Waals surface area contributed by atoms with Gasteiger partial charge in [0, 0.05) is 30.6 Å². The maximum atomic E-state index is 9.45. The molecule has 1 saturated heterocycles. The van der Waals surface area contributed by atoms with E-state index in [0.717, 1.165) is 66.0 Å². The zero-order chi connectivity index (χ0) is 18.8. The van der Waals surface area contributed by atoms with Gasteiger partial charge < -0.3 is 14.3 Å². The van der Waals surface area contributed by atoms with E-state index in [-0.39, 0.29) is 6.61 Å². The van der Waals surface area contributed by atoms with Crippen LogP contribution in [0, 0.1) is 12.8 Å². The Morgan fingerprint density at radius 2 is 2.04 bits per heavy atom. The second kappa shape index (κ2) is 7.71. The second-order valence-electron chi connectivity index (χ2n) is 7.31. The SMILES string of the molecule is COc1ccc(-c2nc(CN3CCC[C@@H](CO)C3)c(C)o2)c2ccccc12. The van der Waals surface area contributed by atoms with E-state index in [0.29, 0.717) is 11.8 Å². The number of fused-ring (bicyclic) bond motifs is 1. The van der Waals surface area contributed by atoms with E-state index in [4.69, 9.17) is 14.1 Å². The maximum absolute atomic E-state index is 9.45. The lowest BCUT2D eigenvalue weighted by Gasteiger charge is -2.31. The Labute approximate surface area is 159 Å². The summed E-state index contributed by atoms with van der Waals surface area (Å²) in [4.78, 5) is 7.19. The normalized spacial score (nSPS) is 18.1. The Bertz CT molecular complexity index is 934. The van der Waals surface area contributed by atoms with E-state index in [1.165, 1.54) is 0 Å². The molecule has 2 aromatic carbocycles. The van der Waals surface area contributed by atoms with Gasteiger partial charge in [0.25, 0.3) is 0 Å². The largest absolute Gasteiger partial charge is 0.496 e. The third-order valence-corrected chi connectivity index (χ3v) is 5.46. The summed E-state index contributed by atoms with van der Waals surface area (Å²) < 4.78 is 11.5. The number of hydrogen-bond acceptors (Lipinski definition) is 5. The summed E-state index contributed by atoms with van der Waals surface area (Å²) in [6.45, 7) is 4.97. The van der Waals surface area contributed by atoms with E-state index >= 15 is 0 Å². The first-order valence-electron chi connectivity index (χ1n) is 9.55. The van der Waals surface area contributed by atoms with E-state index in [1.54, 1.807) is 7.11 Å². The number of piperidine rings is 1. The standard InChI is InChI=1S/C22H26N2O3/c1-15-20(13-24-11-5-6-16(12-24)14-25)23-22(27-15)19-9-10-21(26-2)18-8-4-3-7-17(18)19/h3-4,7-10,16,25H,5-6,11-14H2,1-2H3/t16-/m1/s1. The highest BCUT2D eigenvalue weighted by atomic mass is 16.5. The van der Waals surface area contributed by atoms with Gasteiger partial charge in [-0.2, -0.15) is 0 Å². The molecule has 5 nitrogen and oxygen atoms in total. The Kier molecular flexibility index (Phi) is 5.14. The number of oxazole rings is 1. The molecule has 142 valence electrons. The third-order valence-electron chi connectivity index (χ3n) is 5.46. The van der Waals surface area contributed by atoms with Crippen molar-refractivity contribution in [2.75, 3.05) is 26.8 Å². The van der Waals surface area contributed by atoms with Gasteiger partial charge in [0.05, 0.1) is 12.8 Å². The Morgan fingerprint density at radius 1 is 1.22 bits per heavy atom. The smallest absolute Gasteiger partial charge is 0.227 e. The lowest BCUT2D eigenvalue weighted by atomic mass is 9.99. The number of ether oxygens (including phenoxy) is 1. The van der Waals surface area contributed by atoms with Crippen molar-refractivity contribution in [2.24, 2.45) is 5.92 Å². The zero-order valence-corrected chi connectivity index (χ0v) is 15.9. The molecule has 2 heterocycles. The molecule has 0 amide bonds. The number of aliphatic hydroxyl groups excluding tert-OH is 1. The molecule has 1 N–H and O–H groups in total. The minimum Gasteiger partial charge on any atom is -0.496 e. The Morgan fingerprint density at radius 3 is 2.81 bits per heavy atom. The number of methoxy groups -OCH3 is 1. The van der Waals surface area contributed by atoms with Crippen LogP contribution in [0.1, 0.15) is 24.3 Å². The third kappa shape index (κ3) is 3.57. The monoisotopic (exact) mass is 366 g/mol. The molecule has 1 fully saturated rings. The maximum Gasteiger partial charge on any atom is 0.227 e. The molecule has 27 heavy (non-hydrogen) atoms. The summed E-state index contributed by atoms with van der Waals surface area (Å²) in [6.07, 6.45) is 2.23. The minimum absolute atomic E-state index is 0.261. The van der Waals surface area contributed by atoms with Crippen LogP contribution in [-0.2, 0) is 6.54 Å². The van der Waals surface area contributed by atoms with Crippen molar-refractivity contribution >= 4 is 10.8 Å². The van der Waals surface area contributed by atoms with E-state index in [9.17, 15) is 5.11 Å². The minimum atomic E-state index is 0.261.